The Balaban J connectivity index is 2.22. The van der Waals surface area contributed by atoms with Crippen LogP contribution in [0.15, 0.2) is 46.2 Å². The van der Waals surface area contributed by atoms with Crippen molar-refractivity contribution in [3.63, 3.8) is 0 Å². The van der Waals surface area contributed by atoms with Gasteiger partial charge < -0.3 is 0 Å². The van der Waals surface area contributed by atoms with Gasteiger partial charge in [0.1, 0.15) is 9.88 Å². The highest BCUT2D eigenvalue weighted by Gasteiger charge is 2.31. The van der Waals surface area contributed by atoms with Crippen LogP contribution in [-0.4, -0.2) is 17.3 Å². The van der Waals surface area contributed by atoms with Crippen LogP contribution in [0.25, 0.3) is 0 Å². The summed E-state index contributed by atoms with van der Waals surface area (Å²) in [5, 5.41) is 14.9. The lowest BCUT2D eigenvalue weighted by atomic mass is 9.93. The highest BCUT2D eigenvalue weighted by Crippen LogP contribution is 2.30. The van der Waals surface area contributed by atoms with Gasteiger partial charge in [-0.25, -0.2) is 4.98 Å². The van der Waals surface area contributed by atoms with Gasteiger partial charge in [0.15, 0.2) is 0 Å². The zero-order valence-corrected chi connectivity index (χ0v) is 12.3. The van der Waals surface area contributed by atoms with E-state index in [4.69, 9.17) is 0 Å². The van der Waals surface area contributed by atoms with E-state index in [2.05, 4.69) is 16.4 Å². The second-order valence-corrected chi connectivity index (χ2v) is 6.12. The number of thiazole rings is 1. The average molecular weight is 289 g/mol. The molecule has 3 nitrogen and oxygen atoms in total. The first kappa shape index (κ1) is 14.1. The van der Waals surface area contributed by atoms with Crippen molar-refractivity contribution in [2.45, 2.75) is 16.8 Å². The molecule has 1 N–H and O–H groups in total. The number of nitrogens with one attached hydrogen (secondary N) is 1. The van der Waals surface area contributed by atoms with Crippen LogP contribution in [0.5, 0.6) is 0 Å². The standard InChI is InChI=1S/C14H15N3S2/c1-2-17-14(10-15,12-6-4-3-5-7-12)11-19-13-16-8-9-18-13/h3-9,17H,2,11H2,1H3. The molecule has 0 saturated heterocycles. The molecule has 0 spiro atoms. The molecular formula is C14H15N3S2. The highest BCUT2D eigenvalue weighted by atomic mass is 32.2. The van der Waals surface area contributed by atoms with E-state index in [-0.39, 0.29) is 0 Å². The Morgan fingerprint density at radius 3 is 2.79 bits per heavy atom. The highest BCUT2D eigenvalue weighted by molar-refractivity contribution is 8.01. The lowest BCUT2D eigenvalue weighted by Gasteiger charge is -2.27. The number of benzene rings is 1. The molecule has 1 heterocycles. The average Bonchev–Trinajstić information content (AvgIpc) is 2.98. The molecule has 2 rings (SSSR count). The van der Waals surface area contributed by atoms with E-state index in [1.807, 2.05) is 42.6 Å². The zero-order chi connectivity index (χ0) is 13.6. The van der Waals surface area contributed by atoms with Crippen molar-refractivity contribution in [2.24, 2.45) is 0 Å². The molecule has 5 heteroatoms. The minimum atomic E-state index is -0.660. The summed E-state index contributed by atoms with van der Waals surface area (Å²) in [5.41, 5.74) is 0.343. The smallest absolute Gasteiger partial charge is 0.149 e. The van der Waals surface area contributed by atoms with E-state index in [9.17, 15) is 5.26 Å². The molecule has 2 aromatic rings. The van der Waals surface area contributed by atoms with Gasteiger partial charge in [0.25, 0.3) is 0 Å². The van der Waals surface area contributed by atoms with Gasteiger partial charge in [0.05, 0.1) is 6.07 Å². The summed E-state index contributed by atoms with van der Waals surface area (Å²) in [7, 11) is 0. The monoisotopic (exact) mass is 289 g/mol. The lowest BCUT2D eigenvalue weighted by Crippen LogP contribution is -2.43. The summed E-state index contributed by atoms with van der Waals surface area (Å²) < 4.78 is 0.994. The second-order valence-electron chi connectivity index (χ2n) is 4.00. The Morgan fingerprint density at radius 1 is 1.42 bits per heavy atom. The molecule has 1 aromatic carbocycles. The molecule has 0 amide bonds. The molecule has 1 atom stereocenters. The summed E-state index contributed by atoms with van der Waals surface area (Å²) in [6.45, 7) is 2.77. The van der Waals surface area contributed by atoms with Crippen molar-refractivity contribution in [3.8, 4) is 6.07 Å². The molecule has 19 heavy (non-hydrogen) atoms. The van der Waals surface area contributed by atoms with Crippen LogP contribution in [0.3, 0.4) is 0 Å². The third-order valence-corrected chi connectivity index (χ3v) is 4.89. The lowest BCUT2D eigenvalue weighted by molar-refractivity contribution is 0.490. The fraction of sp³-hybridized carbons (Fsp3) is 0.286. The van der Waals surface area contributed by atoms with Crippen molar-refractivity contribution in [1.82, 2.24) is 10.3 Å². The van der Waals surface area contributed by atoms with Crippen LogP contribution in [0.1, 0.15) is 12.5 Å². The Labute approximate surface area is 121 Å². The SMILES string of the molecule is CCNC(C#N)(CSc1nccs1)c1ccccc1. The molecule has 1 aromatic heterocycles. The molecule has 98 valence electrons. The van der Waals surface area contributed by atoms with E-state index in [1.54, 1.807) is 29.3 Å². The molecule has 0 saturated carbocycles. The molecule has 0 aliphatic carbocycles. The van der Waals surface area contributed by atoms with Crippen molar-refractivity contribution < 1.29 is 0 Å². The van der Waals surface area contributed by atoms with Gasteiger partial charge in [-0.3, -0.25) is 5.32 Å². The van der Waals surface area contributed by atoms with Gasteiger partial charge in [-0.15, -0.1) is 11.3 Å². The first-order valence-electron chi connectivity index (χ1n) is 6.05. The fourth-order valence-electron chi connectivity index (χ4n) is 1.85. The number of nitriles is 1. The normalized spacial score (nSPS) is 13.7. The van der Waals surface area contributed by atoms with Gasteiger partial charge in [-0.05, 0) is 12.1 Å². The zero-order valence-electron chi connectivity index (χ0n) is 10.7. The van der Waals surface area contributed by atoms with Gasteiger partial charge in [-0.2, -0.15) is 5.26 Å². The van der Waals surface area contributed by atoms with E-state index >= 15 is 0 Å². The predicted octanol–water partition coefficient (Wildman–Crippen LogP) is 3.26. The third-order valence-electron chi connectivity index (χ3n) is 2.76. The largest absolute Gasteiger partial charge is 0.295 e. The first-order chi connectivity index (χ1) is 9.30. The molecule has 0 radical (unpaired) electrons. The molecule has 0 aliphatic rings. The third kappa shape index (κ3) is 3.35. The maximum atomic E-state index is 9.65. The topological polar surface area (TPSA) is 48.7 Å². The summed E-state index contributed by atoms with van der Waals surface area (Å²) in [6.07, 6.45) is 1.79. The molecule has 1 unspecified atom stereocenters. The maximum absolute atomic E-state index is 9.65. The van der Waals surface area contributed by atoms with Gasteiger partial charge in [0, 0.05) is 17.3 Å². The summed E-state index contributed by atoms with van der Waals surface area (Å²) in [5.74, 6) is 0.648. The summed E-state index contributed by atoms with van der Waals surface area (Å²) >= 11 is 3.22. The van der Waals surface area contributed by atoms with Crippen LogP contribution >= 0.6 is 23.1 Å². The van der Waals surface area contributed by atoms with Gasteiger partial charge >= 0.3 is 0 Å². The van der Waals surface area contributed by atoms with Crippen molar-refractivity contribution >= 4 is 23.1 Å². The minimum absolute atomic E-state index is 0.648. The van der Waals surface area contributed by atoms with Crippen molar-refractivity contribution in [3.05, 3.63) is 47.5 Å². The second kappa shape index (κ2) is 6.71. The minimum Gasteiger partial charge on any atom is -0.295 e. The van der Waals surface area contributed by atoms with Crippen LogP contribution in [0, 0.1) is 11.3 Å². The van der Waals surface area contributed by atoms with Crippen molar-refractivity contribution in [2.75, 3.05) is 12.3 Å². The first-order valence-corrected chi connectivity index (χ1v) is 7.91. The molecule has 0 bridgehead atoms. The van der Waals surface area contributed by atoms with E-state index in [0.717, 1.165) is 16.4 Å². The number of rotatable bonds is 6. The Morgan fingerprint density at radius 2 is 2.21 bits per heavy atom. The number of nitrogens with zero attached hydrogens (tertiary/aromatic N) is 2. The number of aromatic nitrogens is 1. The van der Waals surface area contributed by atoms with E-state index in [0.29, 0.717) is 5.75 Å². The Kier molecular flexibility index (Phi) is 4.97. The maximum Gasteiger partial charge on any atom is 0.149 e. The van der Waals surface area contributed by atoms with Crippen LogP contribution in [0.2, 0.25) is 0 Å². The Bertz CT molecular complexity index is 534. The Hall–Kier alpha value is -1.35. The summed E-state index contributed by atoms with van der Waals surface area (Å²) in [4.78, 5) is 4.25. The molecular weight excluding hydrogens is 274 g/mol. The number of thioether (sulfide) groups is 1. The van der Waals surface area contributed by atoms with E-state index < -0.39 is 5.54 Å². The summed E-state index contributed by atoms with van der Waals surface area (Å²) in [6, 6.07) is 12.3. The van der Waals surface area contributed by atoms with Crippen LogP contribution < -0.4 is 5.32 Å². The van der Waals surface area contributed by atoms with Gasteiger partial charge in [0.2, 0.25) is 0 Å². The van der Waals surface area contributed by atoms with Crippen molar-refractivity contribution in [1.29, 1.82) is 5.26 Å². The molecule has 0 fully saturated rings. The quantitative estimate of drug-likeness (QED) is 0.829. The van der Waals surface area contributed by atoms with E-state index in [1.165, 1.54) is 0 Å². The van der Waals surface area contributed by atoms with Gasteiger partial charge in [-0.1, -0.05) is 49.0 Å². The number of hydrogen-bond acceptors (Lipinski definition) is 5. The van der Waals surface area contributed by atoms with Crippen LogP contribution in [0.4, 0.5) is 0 Å². The fourth-order valence-corrected chi connectivity index (χ4v) is 3.63. The predicted molar refractivity (Wildman–Crippen MR) is 80.2 cm³/mol. The van der Waals surface area contributed by atoms with Crippen LogP contribution in [-0.2, 0) is 5.54 Å². The molecule has 0 aliphatic heterocycles. The number of hydrogen-bond donors (Lipinski definition) is 1.